The second-order valence-electron chi connectivity index (χ2n) is 17.3. The molecule has 2 nitrogen and oxygen atoms in total. The summed E-state index contributed by atoms with van der Waals surface area (Å²) in [4.78, 5) is 2.41. The van der Waals surface area contributed by atoms with E-state index in [2.05, 4.69) is 243 Å². The molecule has 0 saturated heterocycles. The van der Waals surface area contributed by atoms with Crippen molar-refractivity contribution in [1.82, 2.24) is 0 Å². The van der Waals surface area contributed by atoms with E-state index in [1.165, 1.54) is 61.2 Å². The maximum absolute atomic E-state index is 6.91. The molecule has 11 aromatic rings. The molecule has 0 bridgehead atoms. The predicted molar refractivity (Wildman–Crippen MR) is 265 cm³/mol. The van der Waals surface area contributed by atoms with Gasteiger partial charge in [0, 0.05) is 27.6 Å². The van der Waals surface area contributed by atoms with Crippen LogP contribution in [-0.2, 0) is 5.41 Å². The van der Waals surface area contributed by atoms with Gasteiger partial charge in [0.25, 0.3) is 0 Å². The third-order valence-electron chi connectivity index (χ3n) is 13.2. The molecule has 2 heteroatoms. The lowest BCUT2D eigenvalue weighted by Gasteiger charge is -2.28. The topological polar surface area (TPSA) is 16.4 Å². The SMILES string of the molecule is CC1(C)c2ccccc2-c2ccc(N(c3ccccc3)c3cccc4oc5c6ccccc6c(-c6ccc(-c7cc(-c8ccccc8)cc(-c8ccccc8)c7)cc6)cc5c34)cc21. The van der Waals surface area contributed by atoms with E-state index < -0.39 is 0 Å². The van der Waals surface area contributed by atoms with Crippen molar-refractivity contribution in [1.29, 1.82) is 0 Å². The quantitative estimate of drug-likeness (QED) is 0.160. The summed E-state index contributed by atoms with van der Waals surface area (Å²) in [5.74, 6) is 0. The molecular weight excluding hydrogens is 763 g/mol. The van der Waals surface area contributed by atoms with Gasteiger partial charge in [-0.1, -0.05) is 178 Å². The third-order valence-corrected chi connectivity index (χ3v) is 13.2. The first-order valence-electron chi connectivity index (χ1n) is 21.8. The van der Waals surface area contributed by atoms with Crippen LogP contribution in [0.3, 0.4) is 0 Å². The van der Waals surface area contributed by atoms with E-state index in [9.17, 15) is 0 Å². The summed E-state index contributed by atoms with van der Waals surface area (Å²) in [6.07, 6.45) is 0. The number of nitrogens with zero attached hydrogens (tertiary/aromatic N) is 1. The van der Waals surface area contributed by atoms with Crippen LogP contribution in [0.1, 0.15) is 25.0 Å². The lowest BCUT2D eigenvalue weighted by molar-refractivity contribution is 0.660. The highest BCUT2D eigenvalue weighted by atomic mass is 16.3. The van der Waals surface area contributed by atoms with Gasteiger partial charge in [-0.15, -0.1) is 0 Å². The molecule has 0 unspecified atom stereocenters. The summed E-state index contributed by atoms with van der Waals surface area (Å²) in [5, 5.41) is 4.45. The summed E-state index contributed by atoms with van der Waals surface area (Å²) in [6.45, 7) is 4.70. The first-order chi connectivity index (χ1) is 31.0. The molecule has 0 radical (unpaired) electrons. The number of para-hydroxylation sites is 1. The van der Waals surface area contributed by atoms with E-state index in [0.717, 1.165) is 55.3 Å². The van der Waals surface area contributed by atoms with Crippen LogP contribution in [0.2, 0.25) is 0 Å². The third kappa shape index (κ3) is 6.09. The number of hydrogen-bond donors (Lipinski definition) is 0. The van der Waals surface area contributed by atoms with Crippen LogP contribution in [0.5, 0.6) is 0 Å². The number of rotatable bonds is 7. The van der Waals surface area contributed by atoms with Crippen molar-refractivity contribution in [2.24, 2.45) is 0 Å². The van der Waals surface area contributed by atoms with E-state index in [4.69, 9.17) is 4.42 Å². The van der Waals surface area contributed by atoms with Crippen molar-refractivity contribution < 1.29 is 4.42 Å². The lowest BCUT2D eigenvalue weighted by Crippen LogP contribution is -2.16. The molecule has 0 saturated carbocycles. The van der Waals surface area contributed by atoms with Gasteiger partial charge in [0.05, 0.1) is 11.1 Å². The minimum Gasteiger partial charge on any atom is -0.455 e. The van der Waals surface area contributed by atoms with Gasteiger partial charge in [-0.2, -0.15) is 0 Å². The molecule has 298 valence electrons. The molecular formula is C61H43NO. The smallest absolute Gasteiger partial charge is 0.143 e. The summed E-state index contributed by atoms with van der Waals surface area (Å²) in [6, 6.07) is 81.5. The van der Waals surface area contributed by atoms with Crippen molar-refractivity contribution in [2.45, 2.75) is 19.3 Å². The van der Waals surface area contributed by atoms with Crippen LogP contribution in [-0.4, -0.2) is 0 Å². The zero-order chi connectivity index (χ0) is 42.1. The van der Waals surface area contributed by atoms with Gasteiger partial charge >= 0.3 is 0 Å². The molecule has 63 heavy (non-hydrogen) atoms. The Morgan fingerprint density at radius 3 is 1.59 bits per heavy atom. The Hall–Kier alpha value is -7.94. The van der Waals surface area contributed by atoms with E-state index in [0.29, 0.717) is 0 Å². The highest BCUT2D eigenvalue weighted by Gasteiger charge is 2.36. The van der Waals surface area contributed by atoms with Crippen molar-refractivity contribution in [3.05, 3.63) is 236 Å². The number of furan rings is 1. The molecule has 1 heterocycles. The summed E-state index contributed by atoms with van der Waals surface area (Å²) in [7, 11) is 0. The predicted octanol–water partition coefficient (Wildman–Crippen LogP) is 17.2. The van der Waals surface area contributed by atoms with Crippen LogP contribution in [0.15, 0.2) is 229 Å². The standard InChI is InChI=1S/C61H43NO/c1-61(2)55-26-15-14-24-50(55)51-34-33-48(38-56(51)61)62(47-21-10-5-11-22-47)57-27-16-28-58-59(57)54-39-53(49-23-12-13-25-52(49)60(54)63-58)43-31-29-42(30-32-43)46-36-44(40-17-6-3-7-18-40)35-45(37-46)41-19-8-4-9-20-41/h3-39H,1-2H3. The van der Waals surface area contributed by atoms with Crippen molar-refractivity contribution in [2.75, 3.05) is 4.90 Å². The average Bonchev–Trinajstić information content (AvgIpc) is 3.84. The van der Waals surface area contributed by atoms with Gasteiger partial charge in [-0.25, -0.2) is 0 Å². The van der Waals surface area contributed by atoms with Crippen molar-refractivity contribution in [3.8, 4) is 55.6 Å². The fourth-order valence-electron chi connectivity index (χ4n) is 10.1. The van der Waals surface area contributed by atoms with Crippen LogP contribution in [0, 0.1) is 0 Å². The highest BCUT2D eigenvalue weighted by Crippen LogP contribution is 2.52. The van der Waals surface area contributed by atoms with Crippen LogP contribution >= 0.6 is 0 Å². The van der Waals surface area contributed by atoms with Gasteiger partial charge in [0.1, 0.15) is 11.2 Å². The van der Waals surface area contributed by atoms with Gasteiger partial charge < -0.3 is 9.32 Å². The Morgan fingerprint density at radius 2 is 0.905 bits per heavy atom. The zero-order valence-corrected chi connectivity index (χ0v) is 35.2. The van der Waals surface area contributed by atoms with Crippen molar-refractivity contribution in [3.63, 3.8) is 0 Å². The number of anilines is 3. The number of benzene rings is 10. The minimum atomic E-state index is -0.128. The molecule has 0 atom stereocenters. The number of hydrogen-bond acceptors (Lipinski definition) is 2. The maximum Gasteiger partial charge on any atom is 0.143 e. The first-order valence-corrected chi connectivity index (χ1v) is 21.8. The molecule has 10 aromatic carbocycles. The fourth-order valence-corrected chi connectivity index (χ4v) is 10.1. The average molecular weight is 806 g/mol. The molecule has 0 spiro atoms. The Morgan fingerprint density at radius 1 is 0.349 bits per heavy atom. The van der Waals surface area contributed by atoms with Gasteiger partial charge in [0.2, 0.25) is 0 Å². The fraction of sp³-hybridized carbons (Fsp3) is 0.0492. The molecule has 0 amide bonds. The molecule has 0 N–H and O–H groups in total. The normalized spacial score (nSPS) is 12.7. The minimum absolute atomic E-state index is 0.128. The van der Waals surface area contributed by atoms with Crippen molar-refractivity contribution >= 4 is 49.8 Å². The highest BCUT2D eigenvalue weighted by molar-refractivity contribution is 6.22. The second-order valence-corrected chi connectivity index (χ2v) is 17.3. The first kappa shape index (κ1) is 36.9. The Bertz CT molecular complexity index is 3450. The molecule has 1 aliphatic carbocycles. The summed E-state index contributed by atoms with van der Waals surface area (Å²) in [5.41, 5.74) is 19.8. The van der Waals surface area contributed by atoms with Gasteiger partial charge in [0.15, 0.2) is 0 Å². The van der Waals surface area contributed by atoms with Crippen LogP contribution in [0.4, 0.5) is 17.1 Å². The summed E-state index contributed by atoms with van der Waals surface area (Å²) >= 11 is 0. The maximum atomic E-state index is 6.91. The number of fused-ring (bicyclic) bond motifs is 8. The lowest BCUT2D eigenvalue weighted by atomic mass is 9.82. The zero-order valence-electron chi connectivity index (χ0n) is 35.2. The summed E-state index contributed by atoms with van der Waals surface area (Å²) < 4.78 is 6.91. The Kier molecular flexibility index (Phi) is 8.55. The van der Waals surface area contributed by atoms with E-state index >= 15 is 0 Å². The Balaban J connectivity index is 1.02. The van der Waals surface area contributed by atoms with Crippen LogP contribution < -0.4 is 4.90 Å². The molecule has 1 aromatic heterocycles. The van der Waals surface area contributed by atoms with E-state index in [-0.39, 0.29) is 5.41 Å². The van der Waals surface area contributed by atoms with E-state index in [1.807, 2.05) is 0 Å². The molecule has 12 rings (SSSR count). The van der Waals surface area contributed by atoms with Gasteiger partial charge in [-0.05, 0) is 133 Å². The monoisotopic (exact) mass is 805 g/mol. The Labute approximate surface area is 368 Å². The van der Waals surface area contributed by atoms with Gasteiger partial charge in [-0.3, -0.25) is 0 Å². The van der Waals surface area contributed by atoms with Crippen LogP contribution in [0.25, 0.3) is 88.3 Å². The molecule has 1 aliphatic rings. The largest absolute Gasteiger partial charge is 0.455 e. The van der Waals surface area contributed by atoms with E-state index in [1.54, 1.807) is 0 Å². The molecule has 0 aliphatic heterocycles. The molecule has 0 fully saturated rings. The second kappa shape index (κ2) is 14.6.